The molecule has 0 bridgehead atoms. The molecule has 0 aliphatic rings. The minimum absolute atomic E-state index is 0.118. The van der Waals surface area contributed by atoms with Crippen LogP contribution in [-0.4, -0.2) is 23.0 Å². The van der Waals surface area contributed by atoms with Gasteiger partial charge >= 0.3 is 0 Å². The Morgan fingerprint density at radius 3 is 2.82 bits per heavy atom. The second-order valence-corrected chi connectivity index (χ2v) is 3.82. The van der Waals surface area contributed by atoms with Crippen LogP contribution in [0.3, 0.4) is 0 Å². The molecule has 17 heavy (non-hydrogen) atoms. The smallest absolute Gasteiger partial charge is 0.0660 e. The lowest BCUT2D eigenvalue weighted by Gasteiger charge is -2.08. The zero-order valence-electron chi connectivity index (χ0n) is 9.91. The number of nitrogens with zero attached hydrogens (tertiary/aromatic N) is 2. The Bertz CT molecular complexity index is 453. The zero-order chi connectivity index (χ0) is 12.1. The molecular weight excluding hydrogens is 214 g/mol. The molecule has 4 nitrogen and oxygen atoms in total. The Morgan fingerprint density at radius 2 is 2.12 bits per heavy atom. The van der Waals surface area contributed by atoms with Crippen LogP contribution in [0, 0.1) is 0 Å². The summed E-state index contributed by atoms with van der Waals surface area (Å²) in [6.07, 6.45) is 3.73. The fourth-order valence-electron chi connectivity index (χ4n) is 1.59. The van der Waals surface area contributed by atoms with E-state index in [0.717, 1.165) is 11.3 Å². The van der Waals surface area contributed by atoms with Gasteiger partial charge in [-0.1, -0.05) is 18.2 Å². The Hall–Kier alpha value is -1.65. The molecule has 0 aliphatic carbocycles. The Labute approximate surface area is 101 Å². The molecule has 1 heterocycles. The average Bonchev–Trinajstić information content (AvgIpc) is 2.86. The summed E-state index contributed by atoms with van der Waals surface area (Å²) in [7, 11) is 0. The monoisotopic (exact) mass is 231 g/mol. The van der Waals surface area contributed by atoms with Gasteiger partial charge in [0.15, 0.2) is 0 Å². The van der Waals surface area contributed by atoms with Crippen LogP contribution in [0.25, 0.3) is 5.69 Å². The number of hydrogen-bond acceptors (Lipinski definition) is 3. The van der Waals surface area contributed by atoms with Crippen molar-refractivity contribution in [1.29, 1.82) is 0 Å². The molecule has 0 fully saturated rings. The van der Waals surface area contributed by atoms with E-state index in [9.17, 15) is 0 Å². The highest BCUT2D eigenvalue weighted by atomic mass is 16.5. The molecule has 2 aromatic rings. The lowest BCUT2D eigenvalue weighted by molar-refractivity contribution is 0.133. The Morgan fingerprint density at radius 1 is 1.35 bits per heavy atom. The first kappa shape index (κ1) is 11.8. The molecule has 1 unspecified atom stereocenters. The maximum absolute atomic E-state index is 5.99. The number of ether oxygens (including phenoxy) is 1. The summed E-state index contributed by atoms with van der Waals surface area (Å²) in [5.41, 5.74) is 8.01. The van der Waals surface area contributed by atoms with Crippen LogP contribution in [0.15, 0.2) is 42.7 Å². The van der Waals surface area contributed by atoms with E-state index in [-0.39, 0.29) is 6.04 Å². The maximum atomic E-state index is 5.99. The predicted molar refractivity (Wildman–Crippen MR) is 67.0 cm³/mol. The van der Waals surface area contributed by atoms with Gasteiger partial charge in [-0.15, -0.1) is 0 Å². The van der Waals surface area contributed by atoms with Crippen LogP contribution in [-0.2, 0) is 4.74 Å². The van der Waals surface area contributed by atoms with Crippen molar-refractivity contribution in [3.8, 4) is 5.69 Å². The van der Waals surface area contributed by atoms with E-state index >= 15 is 0 Å². The summed E-state index contributed by atoms with van der Waals surface area (Å²) in [5, 5.41) is 4.30. The van der Waals surface area contributed by atoms with Crippen molar-refractivity contribution in [1.82, 2.24) is 9.78 Å². The third kappa shape index (κ3) is 2.93. The number of hydrogen-bond donors (Lipinski definition) is 1. The quantitative estimate of drug-likeness (QED) is 0.855. The molecule has 0 saturated carbocycles. The highest BCUT2D eigenvalue weighted by Gasteiger charge is 2.09. The van der Waals surface area contributed by atoms with Crippen LogP contribution in [0.5, 0.6) is 0 Å². The number of nitrogens with two attached hydrogens (primary N) is 1. The number of benzene rings is 1. The minimum atomic E-state index is -0.118. The van der Waals surface area contributed by atoms with Gasteiger partial charge in [-0.25, -0.2) is 4.68 Å². The van der Waals surface area contributed by atoms with Gasteiger partial charge in [0.25, 0.3) is 0 Å². The second-order valence-electron chi connectivity index (χ2n) is 3.82. The van der Waals surface area contributed by atoms with Crippen LogP contribution in [0.2, 0.25) is 0 Å². The van der Waals surface area contributed by atoms with Gasteiger partial charge in [-0.2, -0.15) is 5.10 Å². The molecule has 1 atom stereocenters. The predicted octanol–water partition coefficient (Wildman–Crippen LogP) is 1.91. The average molecular weight is 231 g/mol. The first-order valence-electron chi connectivity index (χ1n) is 5.74. The van der Waals surface area contributed by atoms with E-state index < -0.39 is 0 Å². The standard InChI is InChI=1S/C13H17N3O/c1-2-17-10-13(14)11-8-15-16(9-11)12-6-4-3-5-7-12/h3-9,13H,2,10,14H2,1H3. The molecule has 0 amide bonds. The van der Waals surface area contributed by atoms with Gasteiger partial charge in [0, 0.05) is 18.4 Å². The van der Waals surface area contributed by atoms with Crippen molar-refractivity contribution in [2.45, 2.75) is 13.0 Å². The lowest BCUT2D eigenvalue weighted by Crippen LogP contribution is -2.16. The largest absolute Gasteiger partial charge is 0.380 e. The van der Waals surface area contributed by atoms with Crippen molar-refractivity contribution in [2.75, 3.05) is 13.2 Å². The summed E-state index contributed by atoms with van der Waals surface area (Å²) in [6.45, 7) is 3.16. The Kier molecular flexibility index (Phi) is 3.90. The summed E-state index contributed by atoms with van der Waals surface area (Å²) in [6, 6.07) is 9.84. The van der Waals surface area contributed by atoms with Gasteiger partial charge in [-0.05, 0) is 19.1 Å². The fraction of sp³-hybridized carbons (Fsp3) is 0.308. The number of para-hydroxylation sites is 1. The summed E-state index contributed by atoms with van der Waals surface area (Å²) in [4.78, 5) is 0. The molecule has 0 aliphatic heterocycles. The number of rotatable bonds is 5. The molecule has 0 spiro atoms. The number of aromatic nitrogens is 2. The summed E-state index contributed by atoms with van der Waals surface area (Å²) < 4.78 is 7.12. The molecule has 0 saturated heterocycles. The molecule has 0 radical (unpaired) electrons. The van der Waals surface area contributed by atoms with Crippen LogP contribution in [0.4, 0.5) is 0 Å². The molecule has 4 heteroatoms. The molecule has 2 rings (SSSR count). The summed E-state index contributed by atoms with van der Waals surface area (Å²) in [5.74, 6) is 0. The van der Waals surface area contributed by atoms with Gasteiger partial charge < -0.3 is 10.5 Å². The maximum Gasteiger partial charge on any atom is 0.0660 e. The molecule has 1 aromatic carbocycles. The summed E-state index contributed by atoms with van der Waals surface area (Å²) >= 11 is 0. The van der Waals surface area contributed by atoms with E-state index in [4.69, 9.17) is 10.5 Å². The van der Waals surface area contributed by atoms with E-state index in [1.165, 1.54) is 0 Å². The highest BCUT2D eigenvalue weighted by Crippen LogP contribution is 2.13. The Balaban J connectivity index is 2.11. The van der Waals surface area contributed by atoms with E-state index in [1.54, 1.807) is 6.20 Å². The van der Waals surface area contributed by atoms with Crippen molar-refractivity contribution in [3.05, 3.63) is 48.3 Å². The first-order valence-corrected chi connectivity index (χ1v) is 5.74. The molecule has 1 aromatic heterocycles. The molecule has 2 N–H and O–H groups in total. The van der Waals surface area contributed by atoms with Crippen molar-refractivity contribution < 1.29 is 4.74 Å². The third-order valence-corrected chi connectivity index (χ3v) is 2.55. The third-order valence-electron chi connectivity index (χ3n) is 2.55. The van der Waals surface area contributed by atoms with E-state index in [1.807, 2.05) is 48.1 Å². The van der Waals surface area contributed by atoms with Crippen molar-refractivity contribution >= 4 is 0 Å². The molecular formula is C13H17N3O. The van der Waals surface area contributed by atoms with Crippen molar-refractivity contribution in [2.24, 2.45) is 5.73 Å². The minimum Gasteiger partial charge on any atom is -0.380 e. The lowest BCUT2D eigenvalue weighted by atomic mass is 10.2. The normalized spacial score (nSPS) is 12.6. The van der Waals surface area contributed by atoms with Gasteiger partial charge in [0.05, 0.1) is 24.5 Å². The van der Waals surface area contributed by atoms with Gasteiger partial charge in [0.2, 0.25) is 0 Å². The van der Waals surface area contributed by atoms with Crippen molar-refractivity contribution in [3.63, 3.8) is 0 Å². The van der Waals surface area contributed by atoms with Gasteiger partial charge in [0.1, 0.15) is 0 Å². The van der Waals surface area contributed by atoms with E-state index in [2.05, 4.69) is 5.10 Å². The van der Waals surface area contributed by atoms with Crippen LogP contribution < -0.4 is 5.73 Å². The van der Waals surface area contributed by atoms with Crippen LogP contribution in [0.1, 0.15) is 18.5 Å². The second kappa shape index (κ2) is 5.61. The zero-order valence-corrected chi connectivity index (χ0v) is 9.91. The first-order chi connectivity index (χ1) is 8.31. The topological polar surface area (TPSA) is 53.1 Å². The van der Waals surface area contributed by atoms with Gasteiger partial charge in [-0.3, -0.25) is 0 Å². The molecule has 90 valence electrons. The SMILES string of the molecule is CCOCC(N)c1cnn(-c2ccccc2)c1. The highest BCUT2D eigenvalue weighted by molar-refractivity contribution is 5.31. The van der Waals surface area contributed by atoms with Crippen LogP contribution >= 0.6 is 0 Å². The van der Waals surface area contributed by atoms with E-state index in [0.29, 0.717) is 13.2 Å². The fourth-order valence-corrected chi connectivity index (χ4v) is 1.59.